The van der Waals surface area contributed by atoms with E-state index in [0.717, 1.165) is 63.0 Å². The molecular weight excluding hydrogens is 350 g/mol. The van der Waals surface area contributed by atoms with Gasteiger partial charge in [0.05, 0.1) is 22.8 Å². The molecule has 4 aromatic rings. The summed E-state index contributed by atoms with van der Waals surface area (Å²) >= 11 is 0. The third-order valence-electron chi connectivity index (χ3n) is 5.55. The largest absolute Gasteiger partial charge is 0.343 e. The van der Waals surface area contributed by atoms with E-state index in [1.54, 1.807) is 0 Å². The second-order valence-electron chi connectivity index (χ2n) is 7.46. The summed E-state index contributed by atoms with van der Waals surface area (Å²) in [5, 5.41) is 9.60. The molecule has 1 amide bonds. The Morgan fingerprint density at radius 2 is 1.89 bits per heavy atom. The van der Waals surface area contributed by atoms with Gasteiger partial charge in [-0.25, -0.2) is 4.79 Å². The topological polar surface area (TPSA) is 72.7 Å². The van der Waals surface area contributed by atoms with Crippen LogP contribution >= 0.6 is 0 Å². The fourth-order valence-electron chi connectivity index (χ4n) is 4.30. The van der Waals surface area contributed by atoms with Gasteiger partial charge in [-0.2, -0.15) is 9.78 Å². The first-order valence-electron chi connectivity index (χ1n) is 9.55. The number of nitrogens with zero attached hydrogens (tertiary/aromatic N) is 4. The van der Waals surface area contributed by atoms with Gasteiger partial charge in [0.1, 0.15) is 0 Å². The van der Waals surface area contributed by atoms with Crippen molar-refractivity contribution >= 4 is 27.8 Å². The lowest BCUT2D eigenvalue weighted by molar-refractivity contribution is 0.236. The average molecular weight is 371 g/mol. The van der Waals surface area contributed by atoms with Crippen LogP contribution in [-0.4, -0.2) is 25.8 Å². The molecule has 140 valence electrons. The average Bonchev–Trinajstić information content (AvgIpc) is 3.23. The summed E-state index contributed by atoms with van der Waals surface area (Å²) in [7, 11) is 0. The molecule has 1 N–H and O–H groups in total. The predicted octanol–water partition coefficient (Wildman–Crippen LogP) is 4.15. The van der Waals surface area contributed by atoms with Gasteiger partial charge in [0.15, 0.2) is 0 Å². The van der Waals surface area contributed by atoms with Crippen LogP contribution in [0, 0.1) is 20.8 Å². The first kappa shape index (κ1) is 16.9. The summed E-state index contributed by atoms with van der Waals surface area (Å²) in [6.45, 7) is 5.88. The van der Waals surface area contributed by atoms with Crippen molar-refractivity contribution in [2.45, 2.75) is 39.7 Å². The Kier molecular flexibility index (Phi) is 3.69. The minimum Gasteiger partial charge on any atom is -0.329 e. The number of rotatable bonds is 1. The SMILES string of the molecule is Cc1ccc2c(n1)CC[C@H]2NC(=O)n1nc(C)c2c(C)nc3ccccc3c21. The molecule has 3 heterocycles. The number of carbonyl (C=O) groups is 1. The van der Waals surface area contributed by atoms with Gasteiger partial charge >= 0.3 is 6.03 Å². The smallest absolute Gasteiger partial charge is 0.329 e. The third kappa shape index (κ3) is 2.48. The molecule has 3 aromatic heterocycles. The highest BCUT2D eigenvalue weighted by molar-refractivity contribution is 6.08. The molecule has 0 fully saturated rings. The van der Waals surface area contributed by atoms with E-state index in [0.29, 0.717) is 0 Å². The van der Waals surface area contributed by atoms with Crippen LogP contribution < -0.4 is 5.32 Å². The molecule has 28 heavy (non-hydrogen) atoms. The number of benzene rings is 1. The number of aromatic nitrogens is 4. The van der Waals surface area contributed by atoms with Crippen molar-refractivity contribution in [3.63, 3.8) is 0 Å². The Labute approximate surface area is 162 Å². The zero-order valence-electron chi connectivity index (χ0n) is 16.2. The van der Waals surface area contributed by atoms with E-state index in [1.165, 1.54) is 4.68 Å². The van der Waals surface area contributed by atoms with E-state index in [1.807, 2.05) is 51.1 Å². The number of pyridine rings is 2. The number of fused-ring (bicyclic) bond motifs is 4. The molecule has 0 aliphatic heterocycles. The van der Waals surface area contributed by atoms with E-state index < -0.39 is 0 Å². The number of hydrogen-bond donors (Lipinski definition) is 1. The first-order chi connectivity index (χ1) is 13.5. The Balaban J connectivity index is 1.60. The standard InChI is InChI=1S/C22H21N5O/c1-12-8-9-15-18(23-12)10-11-19(15)25-22(28)27-21-16-6-4-5-7-17(16)24-13(2)20(21)14(3)26-27/h4-9,19H,10-11H2,1-3H3,(H,25,28)/t19-/m1/s1. The summed E-state index contributed by atoms with van der Waals surface area (Å²) in [5.74, 6) is 0. The zero-order chi connectivity index (χ0) is 19.4. The van der Waals surface area contributed by atoms with Gasteiger partial charge in [-0.05, 0) is 51.3 Å². The second-order valence-corrected chi connectivity index (χ2v) is 7.46. The first-order valence-corrected chi connectivity index (χ1v) is 9.55. The van der Waals surface area contributed by atoms with Crippen molar-refractivity contribution in [1.82, 2.24) is 25.1 Å². The van der Waals surface area contributed by atoms with Crippen LogP contribution in [0.25, 0.3) is 21.8 Å². The number of amides is 1. The number of aryl methyl sites for hydroxylation is 4. The number of para-hydroxylation sites is 1. The number of nitrogens with one attached hydrogen (secondary N) is 1. The van der Waals surface area contributed by atoms with Crippen LogP contribution in [-0.2, 0) is 6.42 Å². The van der Waals surface area contributed by atoms with Crippen LogP contribution in [0.15, 0.2) is 36.4 Å². The Morgan fingerprint density at radius 1 is 1.07 bits per heavy atom. The van der Waals surface area contributed by atoms with Crippen molar-refractivity contribution in [2.24, 2.45) is 0 Å². The van der Waals surface area contributed by atoms with Crippen molar-refractivity contribution in [2.75, 3.05) is 0 Å². The van der Waals surface area contributed by atoms with Gasteiger partial charge in [-0.1, -0.05) is 24.3 Å². The molecule has 0 bridgehead atoms. The molecule has 6 heteroatoms. The molecule has 1 aliphatic carbocycles. The van der Waals surface area contributed by atoms with Crippen molar-refractivity contribution < 1.29 is 4.79 Å². The van der Waals surface area contributed by atoms with E-state index in [9.17, 15) is 4.79 Å². The van der Waals surface area contributed by atoms with Crippen LogP contribution in [0.5, 0.6) is 0 Å². The molecule has 1 aromatic carbocycles. The lowest BCUT2D eigenvalue weighted by atomic mass is 10.1. The highest BCUT2D eigenvalue weighted by atomic mass is 16.2. The van der Waals surface area contributed by atoms with E-state index >= 15 is 0 Å². The van der Waals surface area contributed by atoms with E-state index in [-0.39, 0.29) is 12.1 Å². The molecule has 0 spiro atoms. The molecule has 6 nitrogen and oxygen atoms in total. The highest BCUT2D eigenvalue weighted by Crippen LogP contribution is 2.31. The van der Waals surface area contributed by atoms with Crippen LogP contribution in [0.2, 0.25) is 0 Å². The number of hydrogen-bond acceptors (Lipinski definition) is 4. The summed E-state index contributed by atoms with van der Waals surface area (Å²) in [6.07, 6.45) is 1.74. The predicted molar refractivity (Wildman–Crippen MR) is 108 cm³/mol. The minimum atomic E-state index is -0.215. The summed E-state index contributed by atoms with van der Waals surface area (Å²) < 4.78 is 1.50. The highest BCUT2D eigenvalue weighted by Gasteiger charge is 2.27. The Morgan fingerprint density at radius 3 is 2.75 bits per heavy atom. The Hall–Kier alpha value is -3.28. The molecular formula is C22H21N5O. The molecule has 1 atom stereocenters. The maximum atomic E-state index is 13.2. The molecule has 0 saturated heterocycles. The van der Waals surface area contributed by atoms with Crippen molar-refractivity contribution in [3.05, 3.63) is 64.7 Å². The van der Waals surface area contributed by atoms with Crippen molar-refractivity contribution in [1.29, 1.82) is 0 Å². The molecule has 5 rings (SSSR count). The molecule has 0 radical (unpaired) electrons. The van der Waals surface area contributed by atoms with Gasteiger partial charge in [-0.15, -0.1) is 0 Å². The van der Waals surface area contributed by atoms with Gasteiger partial charge < -0.3 is 5.32 Å². The van der Waals surface area contributed by atoms with E-state index in [2.05, 4.69) is 26.4 Å². The van der Waals surface area contributed by atoms with Crippen LogP contribution in [0.3, 0.4) is 0 Å². The minimum absolute atomic E-state index is 0.0376. The van der Waals surface area contributed by atoms with Crippen LogP contribution in [0.1, 0.15) is 40.8 Å². The maximum absolute atomic E-state index is 13.2. The van der Waals surface area contributed by atoms with Gasteiger partial charge in [-0.3, -0.25) is 9.97 Å². The molecule has 0 saturated carbocycles. The normalized spacial score (nSPS) is 15.9. The summed E-state index contributed by atoms with van der Waals surface area (Å²) in [5.41, 5.74) is 6.58. The quantitative estimate of drug-likeness (QED) is 0.545. The Bertz CT molecular complexity index is 1260. The molecule has 0 unspecified atom stereocenters. The monoisotopic (exact) mass is 371 g/mol. The lowest BCUT2D eigenvalue weighted by Gasteiger charge is -2.14. The summed E-state index contributed by atoms with van der Waals surface area (Å²) in [4.78, 5) is 22.5. The van der Waals surface area contributed by atoms with Crippen molar-refractivity contribution in [3.8, 4) is 0 Å². The van der Waals surface area contributed by atoms with E-state index in [4.69, 9.17) is 0 Å². The van der Waals surface area contributed by atoms with Gasteiger partial charge in [0.2, 0.25) is 0 Å². The van der Waals surface area contributed by atoms with Gasteiger partial charge in [0.25, 0.3) is 0 Å². The fraction of sp³-hybridized carbons (Fsp3) is 0.273. The lowest BCUT2D eigenvalue weighted by Crippen LogP contribution is -2.32. The van der Waals surface area contributed by atoms with Crippen LogP contribution in [0.4, 0.5) is 4.79 Å². The maximum Gasteiger partial charge on any atom is 0.343 e. The summed E-state index contributed by atoms with van der Waals surface area (Å²) in [6, 6.07) is 11.7. The third-order valence-corrected chi connectivity index (χ3v) is 5.55. The zero-order valence-corrected chi connectivity index (χ0v) is 16.2. The fourth-order valence-corrected chi connectivity index (χ4v) is 4.30. The second kappa shape index (κ2) is 6.12. The van der Waals surface area contributed by atoms with Gasteiger partial charge in [0, 0.05) is 27.9 Å². The number of carbonyl (C=O) groups excluding carboxylic acids is 1. The molecule has 1 aliphatic rings.